The van der Waals surface area contributed by atoms with Gasteiger partial charge in [0.1, 0.15) is 0 Å². The summed E-state index contributed by atoms with van der Waals surface area (Å²) in [7, 11) is 0. The van der Waals surface area contributed by atoms with E-state index in [1.54, 1.807) is 0 Å². The van der Waals surface area contributed by atoms with E-state index in [0.717, 1.165) is 19.5 Å². The van der Waals surface area contributed by atoms with Crippen molar-refractivity contribution in [3.05, 3.63) is 40.2 Å². The predicted octanol–water partition coefficient (Wildman–Crippen LogP) is 3.84. The number of nitrogens with one attached hydrogen (secondary N) is 1. The molecule has 2 aromatic rings. The van der Waals surface area contributed by atoms with E-state index in [0.29, 0.717) is 5.92 Å². The molecule has 0 amide bonds. The number of aromatic nitrogens is 1. The van der Waals surface area contributed by atoms with Crippen LogP contribution in [0.3, 0.4) is 0 Å². The highest BCUT2D eigenvalue weighted by atomic mass is 32.1. The summed E-state index contributed by atoms with van der Waals surface area (Å²) in [4.78, 5) is 6.40. The standard InChI is InChI=1S/C16H20N2S/c1-2-14-15(12-6-4-3-5-7-12)18-16(19-14)13-8-10-17-11-9-13/h3-7,13,17H,2,8-11H2,1H3. The van der Waals surface area contributed by atoms with E-state index in [-0.39, 0.29) is 0 Å². The van der Waals surface area contributed by atoms with E-state index in [1.807, 2.05) is 11.3 Å². The first-order chi connectivity index (χ1) is 9.38. The lowest BCUT2D eigenvalue weighted by Gasteiger charge is -2.20. The maximum absolute atomic E-state index is 4.97. The quantitative estimate of drug-likeness (QED) is 0.918. The summed E-state index contributed by atoms with van der Waals surface area (Å²) in [6.45, 7) is 4.49. The third-order valence-corrected chi connectivity index (χ3v) is 5.13. The zero-order valence-corrected chi connectivity index (χ0v) is 12.2. The van der Waals surface area contributed by atoms with Crippen molar-refractivity contribution in [3.8, 4) is 11.3 Å². The van der Waals surface area contributed by atoms with E-state index in [1.165, 1.54) is 34.0 Å². The monoisotopic (exact) mass is 272 g/mol. The third kappa shape index (κ3) is 2.72. The minimum Gasteiger partial charge on any atom is -0.317 e. The number of piperidine rings is 1. The van der Waals surface area contributed by atoms with E-state index in [4.69, 9.17) is 4.98 Å². The summed E-state index contributed by atoms with van der Waals surface area (Å²) >= 11 is 1.92. The summed E-state index contributed by atoms with van der Waals surface area (Å²) in [5, 5.41) is 4.77. The van der Waals surface area contributed by atoms with Crippen LogP contribution in [0.5, 0.6) is 0 Å². The van der Waals surface area contributed by atoms with E-state index in [2.05, 4.69) is 42.6 Å². The van der Waals surface area contributed by atoms with Gasteiger partial charge < -0.3 is 5.32 Å². The molecule has 1 aromatic carbocycles. The van der Waals surface area contributed by atoms with Crippen LogP contribution in [0.15, 0.2) is 30.3 Å². The summed E-state index contributed by atoms with van der Waals surface area (Å²) in [6.07, 6.45) is 3.53. The Bertz CT molecular complexity index is 527. The summed E-state index contributed by atoms with van der Waals surface area (Å²) in [5.41, 5.74) is 2.47. The van der Waals surface area contributed by atoms with Gasteiger partial charge in [-0.15, -0.1) is 11.3 Å². The first-order valence-electron chi connectivity index (χ1n) is 7.14. The number of benzene rings is 1. The Balaban J connectivity index is 1.94. The smallest absolute Gasteiger partial charge is 0.0967 e. The van der Waals surface area contributed by atoms with Gasteiger partial charge in [0.25, 0.3) is 0 Å². The van der Waals surface area contributed by atoms with Crippen LogP contribution < -0.4 is 5.32 Å². The molecule has 1 fully saturated rings. The molecule has 0 spiro atoms. The van der Waals surface area contributed by atoms with Crippen molar-refractivity contribution in [3.63, 3.8) is 0 Å². The molecule has 19 heavy (non-hydrogen) atoms. The first-order valence-corrected chi connectivity index (χ1v) is 7.96. The van der Waals surface area contributed by atoms with Gasteiger partial charge in [-0.3, -0.25) is 0 Å². The van der Waals surface area contributed by atoms with Gasteiger partial charge in [0, 0.05) is 16.4 Å². The fourth-order valence-corrected chi connectivity index (χ4v) is 3.87. The molecule has 1 saturated heterocycles. The van der Waals surface area contributed by atoms with E-state index >= 15 is 0 Å². The second kappa shape index (κ2) is 5.85. The molecular weight excluding hydrogens is 252 g/mol. The van der Waals surface area contributed by atoms with Crippen LogP contribution in [0.1, 0.15) is 35.6 Å². The van der Waals surface area contributed by atoms with Crippen molar-refractivity contribution < 1.29 is 0 Å². The summed E-state index contributed by atoms with van der Waals surface area (Å²) < 4.78 is 0. The molecule has 0 atom stereocenters. The number of hydrogen-bond donors (Lipinski definition) is 1. The molecule has 2 nitrogen and oxygen atoms in total. The topological polar surface area (TPSA) is 24.9 Å². The van der Waals surface area contributed by atoms with Gasteiger partial charge in [-0.2, -0.15) is 0 Å². The highest BCUT2D eigenvalue weighted by molar-refractivity contribution is 7.12. The Morgan fingerprint density at radius 3 is 2.63 bits per heavy atom. The summed E-state index contributed by atoms with van der Waals surface area (Å²) in [6, 6.07) is 10.6. The second-order valence-electron chi connectivity index (χ2n) is 5.07. The van der Waals surface area contributed by atoms with E-state index < -0.39 is 0 Å². The molecule has 1 aliphatic rings. The van der Waals surface area contributed by atoms with Gasteiger partial charge in [0.15, 0.2) is 0 Å². The van der Waals surface area contributed by atoms with Crippen molar-refractivity contribution in [1.29, 1.82) is 0 Å². The van der Waals surface area contributed by atoms with Crippen molar-refractivity contribution >= 4 is 11.3 Å². The highest BCUT2D eigenvalue weighted by Gasteiger charge is 2.21. The van der Waals surface area contributed by atoms with Crippen LogP contribution in [-0.4, -0.2) is 18.1 Å². The van der Waals surface area contributed by atoms with Gasteiger partial charge in [-0.1, -0.05) is 37.3 Å². The fraction of sp³-hybridized carbons (Fsp3) is 0.438. The van der Waals surface area contributed by atoms with E-state index in [9.17, 15) is 0 Å². The van der Waals surface area contributed by atoms with Gasteiger partial charge in [0.2, 0.25) is 0 Å². The van der Waals surface area contributed by atoms with Crippen molar-refractivity contribution in [2.45, 2.75) is 32.1 Å². The maximum atomic E-state index is 4.97. The van der Waals surface area contributed by atoms with Crippen LogP contribution >= 0.6 is 11.3 Å². The Labute approximate surface area is 118 Å². The molecule has 100 valence electrons. The first kappa shape index (κ1) is 12.8. The Hall–Kier alpha value is -1.19. The highest BCUT2D eigenvalue weighted by Crippen LogP contribution is 2.35. The SMILES string of the molecule is CCc1sc(C2CCNCC2)nc1-c1ccccc1. The van der Waals surface area contributed by atoms with Crippen molar-refractivity contribution in [1.82, 2.24) is 10.3 Å². The zero-order valence-electron chi connectivity index (χ0n) is 11.4. The number of hydrogen-bond acceptors (Lipinski definition) is 3. The maximum Gasteiger partial charge on any atom is 0.0967 e. The van der Waals surface area contributed by atoms with Crippen molar-refractivity contribution in [2.75, 3.05) is 13.1 Å². The molecule has 0 radical (unpaired) electrons. The molecular formula is C16H20N2S. The number of rotatable bonds is 3. The van der Waals surface area contributed by atoms with Crippen LogP contribution in [0.2, 0.25) is 0 Å². The van der Waals surface area contributed by atoms with Crippen LogP contribution in [-0.2, 0) is 6.42 Å². The summed E-state index contributed by atoms with van der Waals surface area (Å²) in [5.74, 6) is 0.661. The zero-order chi connectivity index (χ0) is 13.1. The Morgan fingerprint density at radius 1 is 1.21 bits per heavy atom. The molecule has 1 aromatic heterocycles. The minimum absolute atomic E-state index is 0.661. The molecule has 3 heteroatoms. The molecule has 0 saturated carbocycles. The molecule has 0 aliphatic carbocycles. The predicted molar refractivity (Wildman–Crippen MR) is 81.8 cm³/mol. The third-order valence-electron chi connectivity index (χ3n) is 3.77. The van der Waals surface area contributed by atoms with Crippen molar-refractivity contribution in [2.24, 2.45) is 0 Å². The van der Waals surface area contributed by atoms with Crippen LogP contribution in [0.4, 0.5) is 0 Å². The Kier molecular flexibility index (Phi) is 3.95. The largest absolute Gasteiger partial charge is 0.317 e. The molecule has 1 aliphatic heterocycles. The molecule has 2 heterocycles. The lowest BCUT2D eigenvalue weighted by atomic mass is 9.99. The normalized spacial score (nSPS) is 16.7. The molecule has 0 bridgehead atoms. The fourth-order valence-electron chi connectivity index (χ4n) is 2.67. The van der Waals surface area contributed by atoms with Crippen LogP contribution in [0, 0.1) is 0 Å². The number of aryl methyl sites for hydroxylation is 1. The average Bonchev–Trinajstić information content (AvgIpc) is 2.93. The molecule has 1 N–H and O–H groups in total. The average molecular weight is 272 g/mol. The lowest BCUT2D eigenvalue weighted by molar-refractivity contribution is 0.459. The molecule has 0 unspecified atom stereocenters. The number of nitrogens with zero attached hydrogens (tertiary/aromatic N) is 1. The second-order valence-corrected chi connectivity index (χ2v) is 6.18. The van der Waals surface area contributed by atoms with Crippen LogP contribution in [0.25, 0.3) is 11.3 Å². The lowest BCUT2D eigenvalue weighted by Crippen LogP contribution is -2.26. The van der Waals surface area contributed by atoms with Gasteiger partial charge in [-0.05, 0) is 32.4 Å². The molecule has 3 rings (SSSR count). The minimum atomic E-state index is 0.661. The van der Waals surface area contributed by atoms with Gasteiger partial charge >= 0.3 is 0 Å². The Morgan fingerprint density at radius 2 is 1.95 bits per heavy atom. The van der Waals surface area contributed by atoms with Gasteiger partial charge in [-0.25, -0.2) is 4.98 Å². The van der Waals surface area contributed by atoms with Gasteiger partial charge in [0.05, 0.1) is 10.7 Å². The number of thiazole rings is 1.